The number of nitrogens with two attached hydrogens (primary N) is 1. The first-order valence-electron chi connectivity index (χ1n) is 6.81. The first-order chi connectivity index (χ1) is 9.63. The summed E-state index contributed by atoms with van der Waals surface area (Å²) < 4.78 is 0. The van der Waals surface area contributed by atoms with Crippen LogP contribution in [0.3, 0.4) is 0 Å². The predicted molar refractivity (Wildman–Crippen MR) is 88.5 cm³/mol. The van der Waals surface area contributed by atoms with Crippen molar-refractivity contribution in [2.24, 2.45) is 5.73 Å². The van der Waals surface area contributed by atoms with Gasteiger partial charge < -0.3 is 21.3 Å². The van der Waals surface area contributed by atoms with E-state index in [9.17, 15) is 9.59 Å². The first-order valence-corrected chi connectivity index (χ1v) is 8.08. The van der Waals surface area contributed by atoms with Crippen molar-refractivity contribution < 1.29 is 9.59 Å². The fourth-order valence-corrected chi connectivity index (χ4v) is 1.83. The van der Waals surface area contributed by atoms with Crippen molar-refractivity contribution in [2.75, 3.05) is 50.8 Å². The monoisotopic (exact) mass is 322 g/mol. The van der Waals surface area contributed by atoms with Crippen molar-refractivity contribution in [3.8, 4) is 0 Å². The van der Waals surface area contributed by atoms with Gasteiger partial charge in [-0.15, -0.1) is 0 Å². The number of hydrogen-bond donors (Lipinski definition) is 5. The summed E-state index contributed by atoms with van der Waals surface area (Å²) in [7, 11) is 0. The number of hydrogen-bond acceptors (Lipinski definition) is 6. The van der Waals surface area contributed by atoms with Crippen LogP contribution in [0.25, 0.3) is 0 Å². The molecule has 0 aliphatic carbocycles. The molecule has 20 heavy (non-hydrogen) atoms. The van der Waals surface area contributed by atoms with Gasteiger partial charge in [0.25, 0.3) is 0 Å². The fourth-order valence-electron chi connectivity index (χ4n) is 1.60. The summed E-state index contributed by atoms with van der Waals surface area (Å²) in [6.07, 6.45) is 0.818. The van der Waals surface area contributed by atoms with Crippen LogP contribution in [0.4, 0.5) is 0 Å². The predicted octanol–water partition coefficient (Wildman–Crippen LogP) is -0.881. The van der Waals surface area contributed by atoms with Gasteiger partial charge in [0.15, 0.2) is 0 Å². The molecule has 0 saturated heterocycles. The molecule has 0 rings (SSSR count). The van der Waals surface area contributed by atoms with Gasteiger partial charge in [0.2, 0.25) is 11.8 Å². The smallest absolute Gasteiger partial charge is 0.221 e. The molecule has 8 heteroatoms. The lowest BCUT2D eigenvalue weighted by molar-refractivity contribution is -0.121. The van der Waals surface area contributed by atoms with E-state index in [-0.39, 0.29) is 11.8 Å². The first kappa shape index (κ1) is 19.6. The molecule has 0 aromatic rings. The maximum Gasteiger partial charge on any atom is 0.221 e. The SMILES string of the molecule is NCCN(CCC(=O)NCCS)CCC(=O)NCCS. The molecule has 0 bridgehead atoms. The van der Waals surface area contributed by atoms with E-state index < -0.39 is 0 Å². The van der Waals surface area contributed by atoms with Crippen LogP contribution in [0.5, 0.6) is 0 Å². The highest BCUT2D eigenvalue weighted by Gasteiger charge is 2.09. The minimum absolute atomic E-state index is 0.000553. The molecule has 0 unspecified atom stereocenters. The van der Waals surface area contributed by atoms with Crippen LogP contribution in [-0.4, -0.2) is 67.5 Å². The third-order valence-corrected chi connectivity index (χ3v) is 3.07. The maximum absolute atomic E-state index is 11.5. The van der Waals surface area contributed by atoms with Gasteiger partial charge in [-0.05, 0) is 0 Å². The minimum Gasteiger partial charge on any atom is -0.355 e. The van der Waals surface area contributed by atoms with Gasteiger partial charge in [-0.2, -0.15) is 25.3 Å². The van der Waals surface area contributed by atoms with Gasteiger partial charge in [-0.25, -0.2) is 0 Å². The summed E-state index contributed by atoms with van der Waals surface area (Å²) in [6.45, 7) is 3.55. The summed E-state index contributed by atoms with van der Waals surface area (Å²) in [4.78, 5) is 25.0. The van der Waals surface area contributed by atoms with Crippen molar-refractivity contribution in [3.63, 3.8) is 0 Å². The molecule has 0 aromatic carbocycles. The van der Waals surface area contributed by atoms with E-state index in [1.807, 2.05) is 4.90 Å². The molecular formula is C12H26N4O2S2. The van der Waals surface area contributed by atoms with Crippen LogP contribution >= 0.6 is 25.3 Å². The van der Waals surface area contributed by atoms with Crippen molar-refractivity contribution in [2.45, 2.75) is 12.8 Å². The van der Waals surface area contributed by atoms with Crippen LogP contribution in [0.15, 0.2) is 0 Å². The lowest BCUT2D eigenvalue weighted by Crippen LogP contribution is -2.37. The Labute approximate surface area is 132 Å². The van der Waals surface area contributed by atoms with E-state index in [0.29, 0.717) is 63.6 Å². The molecule has 4 N–H and O–H groups in total. The molecule has 0 aliphatic heterocycles. The number of amides is 2. The van der Waals surface area contributed by atoms with Crippen molar-refractivity contribution in [1.29, 1.82) is 0 Å². The Bertz CT molecular complexity index is 256. The molecule has 0 spiro atoms. The number of nitrogens with zero attached hydrogens (tertiary/aromatic N) is 1. The second-order valence-electron chi connectivity index (χ2n) is 4.28. The Morgan fingerprint density at radius 3 is 1.70 bits per heavy atom. The van der Waals surface area contributed by atoms with Crippen molar-refractivity contribution >= 4 is 37.1 Å². The molecule has 0 aliphatic rings. The van der Waals surface area contributed by atoms with E-state index in [1.165, 1.54) is 0 Å². The van der Waals surface area contributed by atoms with Crippen LogP contribution < -0.4 is 16.4 Å². The highest BCUT2D eigenvalue weighted by atomic mass is 32.1. The molecule has 0 atom stereocenters. The highest BCUT2D eigenvalue weighted by molar-refractivity contribution is 7.80. The third-order valence-electron chi connectivity index (χ3n) is 2.62. The van der Waals surface area contributed by atoms with Crippen molar-refractivity contribution in [1.82, 2.24) is 15.5 Å². The average molecular weight is 322 g/mol. The number of carbonyl (C=O) groups is 2. The second kappa shape index (κ2) is 13.5. The Kier molecular flexibility index (Phi) is 13.2. The lowest BCUT2D eigenvalue weighted by Gasteiger charge is -2.21. The van der Waals surface area contributed by atoms with Crippen LogP contribution in [0, 0.1) is 0 Å². The van der Waals surface area contributed by atoms with Gasteiger partial charge >= 0.3 is 0 Å². The zero-order valence-corrected chi connectivity index (χ0v) is 13.6. The minimum atomic E-state index is 0.000553. The van der Waals surface area contributed by atoms with E-state index in [2.05, 4.69) is 35.9 Å². The zero-order valence-electron chi connectivity index (χ0n) is 11.8. The third kappa shape index (κ3) is 11.4. The van der Waals surface area contributed by atoms with Gasteiger partial charge in [-0.1, -0.05) is 0 Å². The summed E-state index contributed by atoms with van der Waals surface area (Å²) in [6, 6.07) is 0. The Morgan fingerprint density at radius 1 is 0.900 bits per heavy atom. The Balaban J connectivity index is 3.91. The molecule has 6 nitrogen and oxygen atoms in total. The lowest BCUT2D eigenvalue weighted by atomic mass is 10.3. The van der Waals surface area contributed by atoms with E-state index >= 15 is 0 Å². The van der Waals surface area contributed by atoms with Gasteiger partial charge in [0.05, 0.1) is 0 Å². The van der Waals surface area contributed by atoms with Crippen LogP contribution in [0.2, 0.25) is 0 Å². The molecule has 118 valence electrons. The fraction of sp³-hybridized carbons (Fsp3) is 0.833. The molecule has 0 heterocycles. The summed E-state index contributed by atoms with van der Waals surface area (Å²) in [5.74, 6) is 1.26. The zero-order chi connectivity index (χ0) is 15.2. The van der Waals surface area contributed by atoms with E-state index in [1.54, 1.807) is 0 Å². The Hall–Kier alpha value is -0.440. The molecule has 0 aromatic heterocycles. The number of thiol groups is 2. The topological polar surface area (TPSA) is 87.5 Å². The normalized spacial score (nSPS) is 10.6. The molecular weight excluding hydrogens is 296 g/mol. The number of nitrogens with one attached hydrogen (secondary N) is 2. The molecule has 0 saturated carbocycles. The van der Waals surface area contributed by atoms with E-state index in [0.717, 1.165) is 0 Å². The summed E-state index contributed by atoms with van der Waals surface area (Å²) in [5.41, 5.74) is 5.54. The van der Waals surface area contributed by atoms with Crippen LogP contribution in [0.1, 0.15) is 12.8 Å². The van der Waals surface area contributed by atoms with Crippen LogP contribution in [-0.2, 0) is 9.59 Å². The maximum atomic E-state index is 11.5. The molecule has 0 radical (unpaired) electrons. The van der Waals surface area contributed by atoms with E-state index in [4.69, 9.17) is 5.73 Å². The van der Waals surface area contributed by atoms with Gasteiger partial charge in [0, 0.05) is 63.6 Å². The molecule has 2 amide bonds. The second-order valence-corrected chi connectivity index (χ2v) is 5.17. The van der Waals surface area contributed by atoms with Crippen molar-refractivity contribution in [3.05, 3.63) is 0 Å². The van der Waals surface area contributed by atoms with Gasteiger partial charge in [0.1, 0.15) is 0 Å². The standard InChI is InChI=1S/C12H26N4O2S2/c13-3-8-16(6-1-11(17)14-4-9-19)7-2-12(18)15-5-10-20/h19-20H,1-10,13H2,(H,14,17)(H,15,18). The van der Waals surface area contributed by atoms with Gasteiger partial charge in [-0.3, -0.25) is 9.59 Å². The highest BCUT2D eigenvalue weighted by Crippen LogP contribution is 1.95. The summed E-state index contributed by atoms with van der Waals surface area (Å²) >= 11 is 8.06. The molecule has 0 fully saturated rings. The largest absolute Gasteiger partial charge is 0.355 e. The average Bonchev–Trinajstić information content (AvgIpc) is 2.45. The quantitative estimate of drug-likeness (QED) is 0.302. The summed E-state index contributed by atoms with van der Waals surface area (Å²) in [5, 5.41) is 5.52. The number of rotatable bonds is 12. The Morgan fingerprint density at radius 2 is 1.35 bits per heavy atom. The number of carbonyl (C=O) groups excluding carboxylic acids is 2.